The summed E-state index contributed by atoms with van der Waals surface area (Å²) >= 11 is 4.49. The van der Waals surface area contributed by atoms with Crippen LogP contribution in [-0.2, 0) is 0 Å². The lowest BCUT2D eigenvalue weighted by atomic mass is 10.3. The number of anilines is 1. The predicted octanol–water partition coefficient (Wildman–Crippen LogP) is 4.20. The van der Waals surface area contributed by atoms with Crippen molar-refractivity contribution in [2.24, 2.45) is 5.92 Å². The van der Waals surface area contributed by atoms with Gasteiger partial charge in [-0.15, -0.1) is 0 Å². The van der Waals surface area contributed by atoms with E-state index < -0.39 is 11.6 Å². The zero-order valence-electron chi connectivity index (χ0n) is 7.90. The van der Waals surface area contributed by atoms with E-state index in [-0.39, 0.29) is 4.47 Å². The minimum atomic E-state index is -0.578. The molecule has 0 heterocycles. The number of hydrogen-bond donors (Lipinski definition) is 1. The SMILES string of the molecule is Fc1cc(F)c(NSCC2CC2)cc1Br. The molecule has 1 aliphatic carbocycles. The molecule has 1 aliphatic rings. The Morgan fingerprint density at radius 2 is 2.07 bits per heavy atom. The predicted molar refractivity (Wildman–Crippen MR) is 62.9 cm³/mol. The van der Waals surface area contributed by atoms with Gasteiger partial charge in [0.05, 0.1) is 10.2 Å². The number of benzene rings is 1. The van der Waals surface area contributed by atoms with Crippen LogP contribution >= 0.6 is 27.9 Å². The molecular formula is C10H10BrF2NS. The van der Waals surface area contributed by atoms with E-state index in [0.717, 1.165) is 17.7 Å². The maximum atomic E-state index is 13.2. The van der Waals surface area contributed by atoms with Gasteiger partial charge in [0.15, 0.2) is 0 Å². The summed E-state index contributed by atoms with van der Waals surface area (Å²) in [5.41, 5.74) is 0.328. The second-order valence-corrected chi connectivity index (χ2v) is 5.28. The summed E-state index contributed by atoms with van der Waals surface area (Å²) in [6.45, 7) is 0. The Morgan fingerprint density at radius 3 is 2.73 bits per heavy atom. The first-order valence-corrected chi connectivity index (χ1v) is 6.47. The Morgan fingerprint density at radius 1 is 1.33 bits per heavy atom. The number of rotatable bonds is 4. The molecule has 0 unspecified atom stereocenters. The summed E-state index contributed by atoms with van der Waals surface area (Å²) in [4.78, 5) is 0. The molecule has 0 radical (unpaired) electrons. The third-order valence-corrected chi connectivity index (χ3v) is 3.82. The highest BCUT2D eigenvalue weighted by molar-refractivity contribution is 9.10. The Labute approximate surface area is 99.9 Å². The molecule has 0 aromatic heterocycles. The minimum absolute atomic E-state index is 0.276. The van der Waals surface area contributed by atoms with E-state index in [2.05, 4.69) is 20.7 Å². The summed E-state index contributed by atoms with van der Waals surface area (Å²) in [6.07, 6.45) is 2.54. The molecule has 0 atom stereocenters. The molecule has 0 aliphatic heterocycles. The molecule has 1 aromatic rings. The molecule has 0 saturated heterocycles. The Kier molecular flexibility index (Phi) is 3.51. The highest BCUT2D eigenvalue weighted by Gasteiger charge is 2.21. The quantitative estimate of drug-likeness (QED) is 0.660. The van der Waals surface area contributed by atoms with Crippen molar-refractivity contribution in [2.45, 2.75) is 12.8 Å². The number of halogens is 3. The lowest BCUT2D eigenvalue weighted by molar-refractivity contribution is 0.582. The second kappa shape index (κ2) is 4.70. The second-order valence-electron chi connectivity index (χ2n) is 3.60. The van der Waals surface area contributed by atoms with Gasteiger partial charge in [0.2, 0.25) is 0 Å². The maximum Gasteiger partial charge on any atom is 0.150 e. The van der Waals surface area contributed by atoms with Gasteiger partial charge in [-0.3, -0.25) is 0 Å². The van der Waals surface area contributed by atoms with Crippen molar-refractivity contribution >= 4 is 33.6 Å². The fourth-order valence-electron chi connectivity index (χ4n) is 1.12. The van der Waals surface area contributed by atoms with Gasteiger partial charge in [-0.1, -0.05) is 11.9 Å². The van der Waals surface area contributed by atoms with E-state index in [1.54, 1.807) is 0 Å². The molecule has 1 nitrogen and oxygen atoms in total. The topological polar surface area (TPSA) is 12.0 Å². The van der Waals surface area contributed by atoms with Crippen molar-refractivity contribution in [1.29, 1.82) is 0 Å². The zero-order valence-corrected chi connectivity index (χ0v) is 10.3. The Bertz CT molecular complexity index is 369. The van der Waals surface area contributed by atoms with E-state index in [1.165, 1.54) is 30.9 Å². The molecule has 82 valence electrons. The molecule has 1 saturated carbocycles. The molecule has 1 N–H and O–H groups in total. The van der Waals surface area contributed by atoms with Gasteiger partial charge in [0, 0.05) is 11.8 Å². The highest BCUT2D eigenvalue weighted by atomic mass is 79.9. The molecule has 5 heteroatoms. The average molecular weight is 294 g/mol. The van der Waals surface area contributed by atoms with Gasteiger partial charge in [-0.25, -0.2) is 8.78 Å². The monoisotopic (exact) mass is 293 g/mol. The maximum absolute atomic E-state index is 13.2. The largest absolute Gasteiger partial charge is 0.327 e. The van der Waals surface area contributed by atoms with Gasteiger partial charge in [0.25, 0.3) is 0 Å². The van der Waals surface area contributed by atoms with Crippen LogP contribution in [0, 0.1) is 17.6 Å². The van der Waals surface area contributed by atoms with Crippen molar-refractivity contribution in [3.63, 3.8) is 0 Å². The zero-order chi connectivity index (χ0) is 10.8. The first kappa shape index (κ1) is 11.2. The standard InChI is InChI=1S/C10H10BrF2NS/c11-7-3-10(9(13)4-8(7)12)14-15-5-6-1-2-6/h3-4,6,14H,1-2,5H2. The van der Waals surface area contributed by atoms with Crippen LogP contribution in [0.1, 0.15) is 12.8 Å². The fourth-order valence-corrected chi connectivity index (χ4v) is 2.43. The van der Waals surface area contributed by atoms with Gasteiger partial charge in [0.1, 0.15) is 11.6 Å². The summed E-state index contributed by atoms with van der Waals surface area (Å²) in [6, 6.07) is 2.30. The summed E-state index contributed by atoms with van der Waals surface area (Å²) in [5, 5.41) is 0. The third kappa shape index (κ3) is 3.08. The van der Waals surface area contributed by atoms with Crippen molar-refractivity contribution in [3.05, 3.63) is 28.2 Å². The molecular weight excluding hydrogens is 284 g/mol. The van der Waals surface area contributed by atoms with Crippen LogP contribution in [0.3, 0.4) is 0 Å². The number of hydrogen-bond acceptors (Lipinski definition) is 2. The van der Waals surface area contributed by atoms with Crippen molar-refractivity contribution in [2.75, 3.05) is 10.5 Å². The lowest BCUT2D eigenvalue weighted by Gasteiger charge is -2.07. The highest BCUT2D eigenvalue weighted by Crippen LogP contribution is 2.33. The van der Waals surface area contributed by atoms with E-state index in [0.29, 0.717) is 5.69 Å². The Hall–Kier alpha value is -0.290. The van der Waals surface area contributed by atoms with Gasteiger partial charge < -0.3 is 4.72 Å². The molecule has 2 rings (SSSR count). The van der Waals surface area contributed by atoms with Gasteiger partial charge in [-0.05, 0) is 40.8 Å². The van der Waals surface area contributed by atoms with Crippen LogP contribution in [0.15, 0.2) is 16.6 Å². The van der Waals surface area contributed by atoms with E-state index in [4.69, 9.17) is 0 Å². The van der Waals surface area contributed by atoms with Crippen molar-refractivity contribution < 1.29 is 8.78 Å². The molecule has 1 fully saturated rings. The molecule has 0 amide bonds. The van der Waals surface area contributed by atoms with Crippen LogP contribution in [0.4, 0.5) is 14.5 Å². The first-order valence-electron chi connectivity index (χ1n) is 4.69. The first-order chi connectivity index (χ1) is 7.16. The fraction of sp³-hybridized carbons (Fsp3) is 0.400. The minimum Gasteiger partial charge on any atom is -0.327 e. The van der Waals surface area contributed by atoms with E-state index in [9.17, 15) is 8.78 Å². The smallest absolute Gasteiger partial charge is 0.150 e. The van der Waals surface area contributed by atoms with Crippen LogP contribution in [0.25, 0.3) is 0 Å². The summed E-state index contributed by atoms with van der Waals surface area (Å²) in [5.74, 6) is 0.618. The normalized spacial score (nSPS) is 15.4. The third-order valence-electron chi connectivity index (χ3n) is 2.21. The van der Waals surface area contributed by atoms with E-state index >= 15 is 0 Å². The summed E-state index contributed by atoms with van der Waals surface area (Å²) < 4.78 is 29.3. The summed E-state index contributed by atoms with van der Waals surface area (Å²) in [7, 11) is 0. The molecule has 0 spiro atoms. The van der Waals surface area contributed by atoms with Crippen LogP contribution in [0.2, 0.25) is 0 Å². The lowest BCUT2D eigenvalue weighted by Crippen LogP contribution is -1.95. The van der Waals surface area contributed by atoms with Crippen LogP contribution in [0.5, 0.6) is 0 Å². The average Bonchev–Trinajstić information content (AvgIpc) is 2.97. The molecule has 0 bridgehead atoms. The van der Waals surface area contributed by atoms with Crippen LogP contribution in [-0.4, -0.2) is 5.75 Å². The van der Waals surface area contributed by atoms with Crippen LogP contribution < -0.4 is 4.72 Å². The Balaban J connectivity index is 1.96. The van der Waals surface area contributed by atoms with Crippen molar-refractivity contribution in [1.82, 2.24) is 0 Å². The molecule has 1 aromatic carbocycles. The van der Waals surface area contributed by atoms with Crippen molar-refractivity contribution in [3.8, 4) is 0 Å². The van der Waals surface area contributed by atoms with Gasteiger partial charge in [-0.2, -0.15) is 0 Å². The number of nitrogens with one attached hydrogen (secondary N) is 1. The molecule has 15 heavy (non-hydrogen) atoms. The van der Waals surface area contributed by atoms with E-state index in [1.807, 2.05) is 0 Å². The van der Waals surface area contributed by atoms with Gasteiger partial charge >= 0.3 is 0 Å².